The number of nitrogens with zero attached hydrogens (tertiary/aromatic N) is 3. The molecule has 0 saturated carbocycles. The van der Waals surface area contributed by atoms with E-state index in [0.29, 0.717) is 0 Å². The number of hydrogen-bond acceptors (Lipinski definition) is 1. The van der Waals surface area contributed by atoms with Crippen LogP contribution >= 0.6 is 0 Å². The molecular weight excluding hydrogens is 763 g/mol. The molecule has 0 spiro atoms. The van der Waals surface area contributed by atoms with Crippen molar-refractivity contribution in [1.82, 2.24) is 14.1 Å². The lowest BCUT2D eigenvalue weighted by Gasteiger charge is -2.14. The number of para-hydroxylation sites is 4. The maximum atomic E-state index is 5.41. The highest BCUT2D eigenvalue weighted by Crippen LogP contribution is 2.37. The lowest BCUT2D eigenvalue weighted by molar-refractivity contribution is 1.18. The van der Waals surface area contributed by atoms with Crippen molar-refractivity contribution in [3.63, 3.8) is 0 Å². The van der Waals surface area contributed by atoms with Gasteiger partial charge in [0.2, 0.25) is 0 Å². The van der Waals surface area contributed by atoms with Crippen molar-refractivity contribution in [2.45, 2.75) is 7.43 Å². The van der Waals surface area contributed by atoms with Crippen LogP contribution in [0.15, 0.2) is 237 Å². The predicted molar refractivity (Wildman–Crippen MR) is 267 cm³/mol. The maximum Gasteiger partial charge on any atom is 0.0715 e. The van der Waals surface area contributed by atoms with Gasteiger partial charge in [0.25, 0.3) is 0 Å². The van der Waals surface area contributed by atoms with E-state index < -0.39 is 0 Å². The van der Waals surface area contributed by atoms with E-state index in [1.54, 1.807) is 0 Å². The molecule has 0 aliphatic rings. The topological polar surface area (TPSA) is 22.8 Å². The zero-order chi connectivity index (χ0) is 41.0. The Kier molecular flexibility index (Phi) is 9.36. The van der Waals surface area contributed by atoms with E-state index in [1.807, 2.05) is 0 Å². The number of fused-ring (bicyclic) bond motifs is 6. The molecule has 0 bridgehead atoms. The summed E-state index contributed by atoms with van der Waals surface area (Å²) in [6, 6.07) is 85.2. The van der Waals surface area contributed by atoms with Crippen molar-refractivity contribution in [3.05, 3.63) is 237 Å². The van der Waals surface area contributed by atoms with Crippen LogP contribution in [0.1, 0.15) is 7.43 Å². The summed E-state index contributed by atoms with van der Waals surface area (Å²) in [5.41, 5.74) is 18.0. The van der Waals surface area contributed by atoms with Gasteiger partial charge in [-0.1, -0.05) is 171 Å². The van der Waals surface area contributed by atoms with Gasteiger partial charge in [-0.25, -0.2) is 4.98 Å². The lowest BCUT2D eigenvalue weighted by Crippen LogP contribution is -1.95. The molecule has 3 aromatic heterocycles. The van der Waals surface area contributed by atoms with Gasteiger partial charge in [0.1, 0.15) is 0 Å². The number of benzene rings is 9. The molecule has 3 nitrogen and oxygen atoms in total. The van der Waals surface area contributed by atoms with Gasteiger partial charge >= 0.3 is 0 Å². The van der Waals surface area contributed by atoms with Crippen LogP contribution in [-0.4, -0.2) is 14.1 Å². The third kappa shape index (κ3) is 6.59. The molecule has 3 heteroatoms. The average molecular weight is 806 g/mol. The van der Waals surface area contributed by atoms with E-state index in [2.05, 4.69) is 246 Å². The quantitative estimate of drug-likeness (QED) is 0.157. The average Bonchev–Trinajstić information content (AvgIpc) is 3.87. The molecule has 0 atom stereocenters. The van der Waals surface area contributed by atoms with Crippen LogP contribution in [0, 0.1) is 0 Å². The van der Waals surface area contributed by atoms with E-state index in [9.17, 15) is 0 Å². The van der Waals surface area contributed by atoms with Crippen molar-refractivity contribution in [2.75, 3.05) is 0 Å². The first kappa shape index (κ1) is 37.7. The fourth-order valence-electron chi connectivity index (χ4n) is 9.39. The smallest absolute Gasteiger partial charge is 0.0715 e. The van der Waals surface area contributed by atoms with Gasteiger partial charge in [0.15, 0.2) is 0 Å². The van der Waals surface area contributed by atoms with Gasteiger partial charge in [-0.3, -0.25) is 0 Å². The third-order valence-electron chi connectivity index (χ3n) is 12.3. The van der Waals surface area contributed by atoms with Gasteiger partial charge in [0.05, 0.1) is 33.5 Å². The molecule has 298 valence electrons. The van der Waals surface area contributed by atoms with Crippen molar-refractivity contribution in [1.29, 1.82) is 0 Å². The Morgan fingerprint density at radius 2 is 0.556 bits per heavy atom. The van der Waals surface area contributed by atoms with E-state index in [4.69, 9.17) is 4.98 Å². The minimum atomic E-state index is 0. The minimum absolute atomic E-state index is 0. The van der Waals surface area contributed by atoms with Gasteiger partial charge in [-0.05, 0) is 106 Å². The van der Waals surface area contributed by atoms with Crippen molar-refractivity contribution in [3.8, 4) is 67.3 Å². The molecule has 0 radical (unpaired) electrons. The summed E-state index contributed by atoms with van der Waals surface area (Å²) in [4.78, 5) is 5.41. The molecule has 63 heavy (non-hydrogen) atoms. The van der Waals surface area contributed by atoms with Gasteiger partial charge in [-0.2, -0.15) is 0 Å². The third-order valence-corrected chi connectivity index (χ3v) is 12.3. The lowest BCUT2D eigenvalue weighted by atomic mass is 9.96. The molecule has 12 aromatic rings. The Hall–Kier alpha value is -8.27. The summed E-state index contributed by atoms with van der Waals surface area (Å²) in [5.74, 6) is 0. The van der Waals surface area contributed by atoms with E-state index >= 15 is 0 Å². The second kappa shape index (κ2) is 15.6. The summed E-state index contributed by atoms with van der Waals surface area (Å²) in [6.07, 6.45) is 0. The Balaban J connectivity index is 0.00000444. The molecule has 0 N–H and O–H groups in total. The standard InChI is InChI=1S/C59H39N3.CH4/c1-2-16-40(17-3-1)47-38-54(45-22-12-18-41(34-45)43-20-14-24-48(36-43)61-56-30-8-4-26-50(56)51-27-5-9-31-57(51)61)60-55(39-47)46-23-13-19-42(35-46)44-21-15-25-49(37-44)62-58-32-10-6-28-52(58)53-29-7-11-33-59(53)62;/h1-39H;1H4. The van der Waals surface area contributed by atoms with Crippen LogP contribution in [-0.2, 0) is 0 Å². The highest BCUT2D eigenvalue weighted by molar-refractivity contribution is 6.10. The van der Waals surface area contributed by atoms with Crippen molar-refractivity contribution < 1.29 is 0 Å². The number of hydrogen-bond donors (Lipinski definition) is 0. The summed E-state index contributed by atoms with van der Waals surface area (Å²) in [7, 11) is 0. The molecule has 0 fully saturated rings. The summed E-state index contributed by atoms with van der Waals surface area (Å²) < 4.78 is 4.76. The van der Waals surface area contributed by atoms with Crippen LogP contribution in [0.3, 0.4) is 0 Å². The maximum absolute atomic E-state index is 5.41. The van der Waals surface area contributed by atoms with Crippen LogP contribution in [0.5, 0.6) is 0 Å². The van der Waals surface area contributed by atoms with Gasteiger partial charge < -0.3 is 9.13 Å². The number of pyridine rings is 1. The van der Waals surface area contributed by atoms with Crippen LogP contribution in [0.2, 0.25) is 0 Å². The van der Waals surface area contributed by atoms with Crippen LogP contribution < -0.4 is 0 Å². The first-order valence-corrected chi connectivity index (χ1v) is 21.2. The van der Waals surface area contributed by atoms with Crippen molar-refractivity contribution >= 4 is 43.6 Å². The fraction of sp³-hybridized carbons (Fsp3) is 0.0167. The fourth-order valence-corrected chi connectivity index (χ4v) is 9.39. The predicted octanol–water partition coefficient (Wildman–Crippen LogP) is 16.2. The summed E-state index contributed by atoms with van der Waals surface area (Å²) >= 11 is 0. The zero-order valence-corrected chi connectivity index (χ0v) is 33.9. The largest absolute Gasteiger partial charge is 0.309 e. The minimum Gasteiger partial charge on any atom is -0.309 e. The molecule has 0 aliphatic carbocycles. The van der Waals surface area contributed by atoms with E-state index in [1.165, 1.54) is 43.6 Å². The Morgan fingerprint density at radius 1 is 0.238 bits per heavy atom. The highest BCUT2D eigenvalue weighted by Gasteiger charge is 2.16. The van der Waals surface area contributed by atoms with Crippen LogP contribution in [0.4, 0.5) is 0 Å². The molecule has 3 heterocycles. The number of aromatic nitrogens is 3. The Labute approximate surface area is 367 Å². The van der Waals surface area contributed by atoms with Crippen molar-refractivity contribution in [2.24, 2.45) is 0 Å². The molecule has 9 aromatic carbocycles. The molecule has 12 rings (SSSR count). The highest BCUT2D eigenvalue weighted by atomic mass is 15.0. The Morgan fingerprint density at radius 3 is 0.968 bits per heavy atom. The zero-order valence-electron chi connectivity index (χ0n) is 33.9. The Bertz CT molecular complexity index is 3320. The van der Waals surface area contributed by atoms with E-state index in [0.717, 1.165) is 67.3 Å². The summed E-state index contributed by atoms with van der Waals surface area (Å²) in [5, 5.41) is 5.03. The first-order chi connectivity index (χ1) is 30.7. The summed E-state index contributed by atoms with van der Waals surface area (Å²) in [6.45, 7) is 0. The molecule has 0 amide bonds. The normalized spacial score (nSPS) is 11.4. The molecule has 0 saturated heterocycles. The SMILES string of the molecule is C.c1ccc(-c2cc(-c3cccc(-c4cccc(-n5c6ccccc6c6ccccc65)c4)c3)nc(-c3cccc(-c4cccc(-n5c6ccccc6c6ccccc65)c4)c3)c2)cc1. The van der Waals surface area contributed by atoms with Gasteiger partial charge in [0, 0.05) is 44.0 Å². The van der Waals surface area contributed by atoms with Crippen LogP contribution in [0.25, 0.3) is 111 Å². The molecule has 0 unspecified atom stereocenters. The first-order valence-electron chi connectivity index (χ1n) is 21.2. The van der Waals surface area contributed by atoms with Gasteiger partial charge in [-0.15, -0.1) is 0 Å². The second-order valence-corrected chi connectivity index (χ2v) is 16.0. The van der Waals surface area contributed by atoms with E-state index in [-0.39, 0.29) is 7.43 Å². The number of rotatable bonds is 7. The molecule has 0 aliphatic heterocycles. The second-order valence-electron chi connectivity index (χ2n) is 16.0. The molecular formula is C60H43N3. The monoisotopic (exact) mass is 805 g/mol.